The van der Waals surface area contributed by atoms with E-state index in [1.165, 1.54) is 0 Å². The minimum atomic E-state index is -1.14. The van der Waals surface area contributed by atoms with Crippen LogP contribution in [0, 0.1) is 20.8 Å². The number of nitrogens with zero attached hydrogens (tertiary/aromatic N) is 2. The Labute approximate surface area is 222 Å². The van der Waals surface area contributed by atoms with Gasteiger partial charge in [-0.25, -0.2) is 4.98 Å². The summed E-state index contributed by atoms with van der Waals surface area (Å²) < 4.78 is 22.5. The number of carbonyl (C=O) groups excluding carboxylic acids is 1. The van der Waals surface area contributed by atoms with Crippen LogP contribution in [0.25, 0.3) is 0 Å². The molecule has 1 aliphatic heterocycles. The molecule has 0 aliphatic carbocycles. The number of hydrogen-bond donors (Lipinski definition) is 3. The Kier molecular flexibility index (Phi) is 7.26. The number of methoxy groups -OCH3 is 3. The minimum absolute atomic E-state index is 0.0894. The Morgan fingerprint density at radius 3 is 2.34 bits per heavy atom. The van der Waals surface area contributed by atoms with E-state index in [1.807, 2.05) is 32.9 Å². The van der Waals surface area contributed by atoms with Gasteiger partial charge in [-0.1, -0.05) is 0 Å². The van der Waals surface area contributed by atoms with Crippen molar-refractivity contribution >= 4 is 17.7 Å². The third-order valence-electron chi connectivity index (χ3n) is 7.24. The van der Waals surface area contributed by atoms with E-state index in [0.29, 0.717) is 47.8 Å². The fraction of sp³-hybridized carbons (Fsp3) is 0.393. The summed E-state index contributed by atoms with van der Waals surface area (Å²) in [5.41, 5.74) is 9.90. The number of hydrogen-bond acceptors (Lipinski definition) is 9. The molecule has 0 saturated heterocycles. The molecular formula is C28H34N4O6. The number of nitrogens with one attached hydrogen (secondary N) is 1. The molecule has 0 fully saturated rings. The van der Waals surface area contributed by atoms with E-state index in [4.69, 9.17) is 24.7 Å². The Hall–Kier alpha value is -4.21. The number of fused-ring (bicyclic) bond motifs is 1. The topological polar surface area (TPSA) is 138 Å². The number of nitrogen functional groups attached to an aromatic ring is 1. The molecule has 2 aromatic carbocycles. The molecule has 0 saturated carbocycles. The van der Waals surface area contributed by atoms with Gasteiger partial charge in [-0.2, -0.15) is 4.98 Å². The molecule has 10 heteroatoms. The number of carbonyl (C=O) groups is 1. The summed E-state index contributed by atoms with van der Waals surface area (Å²) in [5.74, 6) is 2.43. The second-order valence-corrected chi connectivity index (χ2v) is 9.63. The van der Waals surface area contributed by atoms with Crippen molar-refractivity contribution in [3.63, 3.8) is 0 Å². The van der Waals surface area contributed by atoms with Gasteiger partial charge in [-0.05, 0) is 68.5 Å². The van der Waals surface area contributed by atoms with Gasteiger partial charge in [0.15, 0.2) is 17.1 Å². The standard InChI is InChI=1S/C28H34N4O6/c1-14-15(2)23-19(16(3)22(14)33)8-9-28(4,38-23)26(34)32-27-30-13-18(25(29)31-27)10-17-11-20(35-5)24(37-7)21(12-17)36-6/h11-13,33H,8-10H2,1-7H3,(H3,29,30,31,32,34). The maximum absolute atomic E-state index is 13.3. The normalized spacial score (nSPS) is 16.3. The fourth-order valence-electron chi connectivity index (χ4n) is 4.72. The van der Waals surface area contributed by atoms with E-state index in [2.05, 4.69) is 15.3 Å². The Balaban J connectivity index is 1.53. The number of rotatable bonds is 7. The second kappa shape index (κ2) is 10.3. The third-order valence-corrected chi connectivity index (χ3v) is 7.24. The third kappa shape index (κ3) is 4.73. The lowest BCUT2D eigenvalue weighted by Gasteiger charge is -2.36. The molecule has 0 bridgehead atoms. The molecule has 0 radical (unpaired) electrons. The summed E-state index contributed by atoms with van der Waals surface area (Å²) in [6, 6.07) is 3.67. The van der Waals surface area contributed by atoms with Crippen molar-refractivity contribution in [3.05, 3.63) is 51.7 Å². The summed E-state index contributed by atoms with van der Waals surface area (Å²) in [6.45, 7) is 7.32. The first-order valence-corrected chi connectivity index (χ1v) is 12.2. The van der Waals surface area contributed by atoms with Crippen LogP contribution in [0.5, 0.6) is 28.7 Å². The van der Waals surface area contributed by atoms with Crippen molar-refractivity contribution in [2.24, 2.45) is 0 Å². The van der Waals surface area contributed by atoms with Crippen molar-refractivity contribution in [1.82, 2.24) is 9.97 Å². The molecule has 0 spiro atoms. The van der Waals surface area contributed by atoms with Crippen molar-refractivity contribution in [1.29, 1.82) is 0 Å². The average molecular weight is 523 g/mol. The van der Waals surface area contributed by atoms with E-state index in [0.717, 1.165) is 27.8 Å². The second-order valence-electron chi connectivity index (χ2n) is 9.63. The molecule has 202 valence electrons. The van der Waals surface area contributed by atoms with Gasteiger partial charge in [0.25, 0.3) is 5.91 Å². The minimum Gasteiger partial charge on any atom is -0.507 e. The molecule has 10 nitrogen and oxygen atoms in total. The van der Waals surface area contributed by atoms with Gasteiger partial charge in [0.2, 0.25) is 11.7 Å². The summed E-state index contributed by atoms with van der Waals surface area (Å²) in [7, 11) is 4.65. The van der Waals surface area contributed by atoms with Crippen LogP contribution in [0.1, 0.15) is 46.7 Å². The van der Waals surface area contributed by atoms with Crippen LogP contribution in [-0.4, -0.2) is 47.9 Å². The van der Waals surface area contributed by atoms with Crippen LogP contribution in [0.3, 0.4) is 0 Å². The SMILES string of the molecule is COc1cc(Cc2cnc(NC(=O)C3(C)CCc4c(C)c(O)c(C)c(C)c4O3)nc2N)cc(OC)c1OC. The highest BCUT2D eigenvalue weighted by molar-refractivity contribution is 5.96. The van der Waals surface area contributed by atoms with Crippen molar-refractivity contribution in [2.75, 3.05) is 32.4 Å². The molecule has 1 aromatic heterocycles. The van der Waals surface area contributed by atoms with E-state index >= 15 is 0 Å². The van der Waals surface area contributed by atoms with Crippen LogP contribution in [0.15, 0.2) is 18.3 Å². The van der Waals surface area contributed by atoms with E-state index < -0.39 is 5.60 Å². The molecule has 3 aromatic rings. The largest absolute Gasteiger partial charge is 0.507 e. The number of anilines is 2. The highest BCUT2D eigenvalue weighted by atomic mass is 16.5. The molecule has 4 N–H and O–H groups in total. The summed E-state index contributed by atoms with van der Waals surface area (Å²) in [6.07, 6.45) is 3.03. The molecule has 1 amide bonds. The number of nitrogens with two attached hydrogens (primary N) is 1. The summed E-state index contributed by atoms with van der Waals surface area (Å²) >= 11 is 0. The lowest BCUT2D eigenvalue weighted by Crippen LogP contribution is -2.48. The zero-order valence-electron chi connectivity index (χ0n) is 22.8. The fourth-order valence-corrected chi connectivity index (χ4v) is 4.72. The number of aromatic nitrogens is 2. The lowest BCUT2D eigenvalue weighted by atomic mass is 9.86. The maximum atomic E-state index is 13.3. The Morgan fingerprint density at radius 2 is 1.76 bits per heavy atom. The Bertz CT molecular complexity index is 1380. The molecule has 2 heterocycles. The average Bonchev–Trinajstić information content (AvgIpc) is 2.91. The first kappa shape index (κ1) is 26.8. The Morgan fingerprint density at radius 1 is 1.11 bits per heavy atom. The molecule has 1 unspecified atom stereocenters. The van der Waals surface area contributed by atoms with Crippen molar-refractivity contribution in [3.8, 4) is 28.7 Å². The smallest absolute Gasteiger partial charge is 0.270 e. The van der Waals surface area contributed by atoms with E-state index in [1.54, 1.807) is 34.4 Å². The number of phenols is 1. The van der Waals surface area contributed by atoms with Crippen LogP contribution >= 0.6 is 0 Å². The predicted molar refractivity (Wildman–Crippen MR) is 144 cm³/mol. The van der Waals surface area contributed by atoms with Crippen molar-refractivity contribution < 1.29 is 28.8 Å². The maximum Gasteiger partial charge on any atom is 0.270 e. The lowest BCUT2D eigenvalue weighted by molar-refractivity contribution is -0.131. The van der Waals surface area contributed by atoms with Gasteiger partial charge in [0.1, 0.15) is 17.3 Å². The highest BCUT2D eigenvalue weighted by Crippen LogP contribution is 2.43. The van der Waals surface area contributed by atoms with E-state index in [-0.39, 0.29) is 23.4 Å². The number of amides is 1. The molecule has 1 aliphatic rings. The van der Waals surface area contributed by atoms with Gasteiger partial charge >= 0.3 is 0 Å². The molecule has 1 atom stereocenters. The zero-order chi connectivity index (χ0) is 27.8. The molecule has 4 rings (SSSR count). The first-order chi connectivity index (χ1) is 18.0. The van der Waals surface area contributed by atoms with Gasteiger partial charge in [-0.3, -0.25) is 10.1 Å². The van der Waals surface area contributed by atoms with Crippen LogP contribution in [0.4, 0.5) is 11.8 Å². The van der Waals surface area contributed by atoms with Crippen LogP contribution in [0.2, 0.25) is 0 Å². The van der Waals surface area contributed by atoms with Crippen molar-refractivity contribution in [2.45, 2.75) is 52.6 Å². The number of ether oxygens (including phenoxy) is 4. The van der Waals surface area contributed by atoms with Gasteiger partial charge in [-0.15, -0.1) is 0 Å². The summed E-state index contributed by atoms with van der Waals surface area (Å²) in [4.78, 5) is 21.9. The predicted octanol–water partition coefficient (Wildman–Crippen LogP) is 4.03. The quantitative estimate of drug-likeness (QED) is 0.420. The van der Waals surface area contributed by atoms with Crippen LogP contribution in [-0.2, 0) is 17.6 Å². The number of benzene rings is 2. The zero-order valence-corrected chi connectivity index (χ0v) is 22.8. The first-order valence-electron chi connectivity index (χ1n) is 12.2. The van der Waals surface area contributed by atoms with Gasteiger partial charge in [0, 0.05) is 30.2 Å². The monoisotopic (exact) mass is 522 g/mol. The van der Waals surface area contributed by atoms with Crippen LogP contribution < -0.4 is 30.0 Å². The molecular weight excluding hydrogens is 488 g/mol. The van der Waals surface area contributed by atoms with E-state index in [9.17, 15) is 9.90 Å². The highest BCUT2D eigenvalue weighted by Gasteiger charge is 2.41. The molecule has 38 heavy (non-hydrogen) atoms. The van der Waals surface area contributed by atoms with Gasteiger partial charge < -0.3 is 29.8 Å². The number of phenolic OH excluding ortho intramolecular Hbond substituents is 1. The number of aromatic hydroxyl groups is 1. The summed E-state index contributed by atoms with van der Waals surface area (Å²) in [5, 5.41) is 13.2. The van der Waals surface area contributed by atoms with Gasteiger partial charge in [0.05, 0.1) is 21.3 Å².